The molecule has 20 heavy (non-hydrogen) atoms. The molecule has 102 valence electrons. The average Bonchev–Trinajstić information content (AvgIpc) is 3.17. The molecule has 3 heterocycles. The molecule has 3 aromatic heterocycles. The lowest BCUT2D eigenvalue weighted by Crippen LogP contribution is -1.98. The normalized spacial score (nSPS) is 10.8. The van der Waals surface area contributed by atoms with E-state index in [4.69, 9.17) is 8.83 Å². The van der Waals surface area contributed by atoms with Crippen LogP contribution in [-0.2, 0) is 6.42 Å². The van der Waals surface area contributed by atoms with E-state index < -0.39 is 5.97 Å². The summed E-state index contributed by atoms with van der Waals surface area (Å²) in [6, 6.07) is 7.18. The predicted octanol–water partition coefficient (Wildman–Crippen LogP) is 3.92. The molecule has 0 fully saturated rings. The molecule has 5 nitrogen and oxygen atoms in total. The van der Waals surface area contributed by atoms with Crippen molar-refractivity contribution in [2.75, 3.05) is 0 Å². The fraction of sp³-hybridized carbons (Fsp3) is 0.143. The van der Waals surface area contributed by atoms with Gasteiger partial charge in [-0.3, -0.25) is 0 Å². The van der Waals surface area contributed by atoms with E-state index in [1.165, 1.54) is 11.3 Å². The zero-order valence-corrected chi connectivity index (χ0v) is 11.4. The molecule has 0 bridgehead atoms. The van der Waals surface area contributed by atoms with Crippen molar-refractivity contribution in [1.29, 1.82) is 0 Å². The fourth-order valence-electron chi connectivity index (χ4n) is 1.83. The maximum Gasteiger partial charge on any atom is 0.358 e. The Bertz CT molecular complexity index is 739. The molecule has 0 amide bonds. The number of aromatic carboxylic acids is 1. The van der Waals surface area contributed by atoms with E-state index in [0.29, 0.717) is 11.7 Å². The number of aromatic nitrogens is 1. The number of hydrogen-bond acceptors (Lipinski definition) is 5. The number of aryl methyl sites for hydroxylation is 1. The number of carboxylic acids is 1. The van der Waals surface area contributed by atoms with Crippen molar-refractivity contribution in [3.8, 4) is 22.3 Å². The largest absolute Gasteiger partial charge is 0.476 e. The Morgan fingerprint density at radius 2 is 2.20 bits per heavy atom. The number of rotatable bonds is 4. The summed E-state index contributed by atoms with van der Waals surface area (Å²) in [4.78, 5) is 16.1. The summed E-state index contributed by atoms with van der Waals surface area (Å²) in [5, 5.41) is 11.1. The minimum Gasteiger partial charge on any atom is -0.476 e. The van der Waals surface area contributed by atoms with Crippen LogP contribution in [0.15, 0.2) is 38.5 Å². The summed E-state index contributed by atoms with van der Waals surface area (Å²) < 4.78 is 11.1. The van der Waals surface area contributed by atoms with Crippen molar-refractivity contribution >= 4 is 17.3 Å². The monoisotopic (exact) mass is 289 g/mol. The van der Waals surface area contributed by atoms with E-state index in [-0.39, 0.29) is 11.5 Å². The highest BCUT2D eigenvalue weighted by Crippen LogP contribution is 2.32. The van der Waals surface area contributed by atoms with Gasteiger partial charge in [-0.2, -0.15) is 0 Å². The molecule has 0 aliphatic rings. The van der Waals surface area contributed by atoms with Crippen LogP contribution in [-0.4, -0.2) is 16.1 Å². The molecule has 0 aliphatic heterocycles. The summed E-state index contributed by atoms with van der Waals surface area (Å²) in [6.45, 7) is 1.96. The Hall–Kier alpha value is -2.34. The van der Waals surface area contributed by atoms with E-state index >= 15 is 0 Å². The third-order valence-corrected chi connectivity index (χ3v) is 3.65. The smallest absolute Gasteiger partial charge is 0.358 e. The number of hydrogen-bond donors (Lipinski definition) is 1. The molecule has 0 aliphatic carbocycles. The molecule has 0 spiro atoms. The molecule has 3 rings (SSSR count). The van der Waals surface area contributed by atoms with Crippen molar-refractivity contribution in [1.82, 2.24) is 4.98 Å². The van der Waals surface area contributed by atoms with Gasteiger partial charge < -0.3 is 13.9 Å². The first-order chi connectivity index (χ1) is 9.69. The van der Waals surface area contributed by atoms with Crippen molar-refractivity contribution in [2.45, 2.75) is 13.3 Å². The zero-order valence-electron chi connectivity index (χ0n) is 10.6. The molecule has 3 aromatic rings. The Morgan fingerprint density at radius 3 is 2.80 bits per heavy atom. The van der Waals surface area contributed by atoms with Crippen LogP contribution < -0.4 is 0 Å². The first-order valence-corrected chi connectivity index (χ1v) is 6.94. The molecule has 0 saturated carbocycles. The minimum absolute atomic E-state index is 0.134. The Balaban J connectivity index is 2.11. The predicted molar refractivity (Wildman–Crippen MR) is 73.9 cm³/mol. The van der Waals surface area contributed by atoms with Gasteiger partial charge >= 0.3 is 5.97 Å². The third-order valence-electron chi connectivity index (χ3n) is 2.80. The molecular weight excluding hydrogens is 278 g/mol. The number of thiophene rings is 1. The maximum atomic E-state index is 11.3. The zero-order chi connectivity index (χ0) is 14.1. The van der Waals surface area contributed by atoms with Crippen LogP contribution in [0.5, 0.6) is 0 Å². The summed E-state index contributed by atoms with van der Waals surface area (Å²) in [6.07, 6.45) is 0.730. The third kappa shape index (κ3) is 2.14. The Morgan fingerprint density at radius 1 is 1.35 bits per heavy atom. The molecule has 0 radical (unpaired) electrons. The molecule has 0 unspecified atom stereocenters. The van der Waals surface area contributed by atoms with Crippen LogP contribution in [0, 0.1) is 0 Å². The molecule has 0 aromatic carbocycles. The van der Waals surface area contributed by atoms with Crippen LogP contribution in [0.3, 0.4) is 0 Å². The van der Waals surface area contributed by atoms with Crippen LogP contribution >= 0.6 is 11.3 Å². The lowest BCUT2D eigenvalue weighted by molar-refractivity contribution is 0.0691. The summed E-state index contributed by atoms with van der Waals surface area (Å²) in [5.74, 6) is 0.462. The Labute approximate surface area is 118 Å². The summed E-state index contributed by atoms with van der Waals surface area (Å²) in [5.41, 5.74) is -0.134. The van der Waals surface area contributed by atoms with Gasteiger partial charge in [-0.25, -0.2) is 9.78 Å². The van der Waals surface area contributed by atoms with Crippen LogP contribution in [0.25, 0.3) is 22.3 Å². The topological polar surface area (TPSA) is 76.5 Å². The fourth-order valence-corrected chi connectivity index (χ4v) is 2.48. The van der Waals surface area contributed by atoms with Gasteiger partial charge in [0.15, 0.2) is 11.5 Å². The molecular formula is C14H11NO4S. The highest BCUT2D eigenvalue weighted by Gasteiger charge is 2.24. The second-order valence-electron chi connectivity index (χ2n) is 4.10. The van der Waals surface area contributed by atoms with E-state index in [0.717, 1.165) is 17.1 Å². The van der Waals surface area contributed by atoms with Crippen LogP contribution in [0.1, 0.15) is 23.2 Å². The number of nitrogens with zero attached hydrogens (tertiary/aromatic N) is 1. The van der Waals surface area contributed by atoms with Gasteiger partial charge in [-0.1, -0.05) is 13.0 Å². The molecule has 6 heteroatoms. The van der Waals surface area contributed by atoms with E-state index in [2.05, 4.69) is 4.98 Å². The quantitative estimate of drug-likeness (QED) is 0.787. The van der Waals surface area contributed by atoms with Gasteiger partial charge in [0.1, 0.15) is 5.76 Å². The van der Waals surface area contributed by atoms with Gasteiger partial charge in [0.05, 0.1) is 4.88 Å². The van der Waals surface area contributed by atoms with E-state index in [9.17, 15) is 9.90 Å². The summed E-state index contributed by atoms with van der Waals surface area (Å²) >= 11 is 1.43. The number of furan rings is 1. The second kappa shape index (κ2) is 4.97. The van der Waals surface area contributed by atoms with Gasteiger partial charge in [-0.15, -0.1) is 11.3 Å². The van der Waals surface area contributed by atoms with Gasteiger partial charge in [0, 0.05) is 6.42 Å². The minimum atomic E-state index is -1.14. The number of carboxylic acid groups (broad SMARTS) is 1. The number of oxazole rings is 1. The Kier molecular flexibility index (Phi) is 3.15. The van der Waals surface area contributed by atoms with Crippen molar-refractivity contribution in [3.05, 3.63) is 41.1 Å². The highest BCUT2D eigenvalue weighted by molar-refractivity contribution is 7.13. The van der Waals surface area contributed by atoms with E-state index in [1.54, 1.807) is 12.1 Å². The van der Waals surface area contributed by atoms with Crippen molar-refractivity contribution in [3.63, 3.8) is 0 Å². The second-order valence-corrected chi connectivity index (χ2v) is 5.05. The lowest BCUT2D eigenvalue weighted by Gasteiger charge is -1.93. The lowest BCUT2D eigenvalue weighted by atomic mass is 10.3. The van der Waals surface area contributed by atoms with Crippen LogP contribution in [0.2, 0.25) is 0 Å². The SMILES string of the molecule is CCc1ccc(-c2oc(-c3cccs3)nc2C(=O)O)o1. The number of carbonyl (C=O) groups is 1. The molecule has 0 atom stereocenters. The average molecular weight is 289 g/mol. The van der Waals surface area contributed by atoms with E-state index in [1.807, 2.05) is 24.4 Å². The van der Waals surface area contributed by atoms with Gasteiger partial charge in [0.2, 0.25) is 11.7 Å². The van der Waals surface area contributed by atoms with Crippen molar-refractivity contribution in [2.24, 2.45) is 0 Å². The van der Waals surface area contributed by atoms with Gasteiger partial charge in [-0.05, 0) is 23.6 Å². The first-order valence-electron chi connectivity index (χ1n) is 6.06. The van der Waals surface area contributed by atoms with Crippen molar-refractivity contribution < 1.29 is 18.7 Å². The highest BCUT2D eigenvalue weighted by atomic mass is 32.1. The standard InChI is InChI=1S/C14H11NO4S/c1-2-8-5-6-9(18-8)12-11(14(16)17)15-13(19-12)10-4-3-7-20-10/h3-7H,2H2,1H3,(H,16,17). The van der Waals surface area contributed by atoms with Gasteiger partial charge in [0.25, 0.3) is 0 Å². The first kappa shape index (κ1) is 12.7. The summed E-state index contributed by atoms with van der Waals surface area (Å²) in [7, 11) is 0. The van der Waals surface area contributed by atoms with Crippen LogP contribution in [0.4, 0.5) is 0 Å². The maximum absolute atomic E-state index is 11.3. The molecule has 1 N–H and O–H groups in total. The molecule has 0 saturated heterocycles.